The van der Waals surface area contributed by atoms with E-state index in [0.29, 0.717) is 19.6 Å². The third-order valence-corrected chi connectivity index (χ3v) is 3.56. The molecule has 1 aliphatic heterocycles. The zero-order valence-corrected chi connectivity index (χ0v) is 18.5. The molecule has 1 aliphatic rings. The van der Waals surface area contributed by atoms with E-state index in [9.17, 15) is 4.79 Å². The van der Waals surface area contributed by atoms with Crippen molar-refractivity contribution in [2.75, 3.05) is 19.6 Å². The van der Waals surface area contributed by atoms with Crippen molar-refractivity contribution in [3.63, 3.8) is 0 Å². The number of carbonyl (C=O) groups is 1. The monoisotopic (exact) mass is 475 g/mol. The van der Waals surface area contributed by atoms with Crippen LogP contribution in [0, 0.1) is 6.92 Å². The quantitative estimate of drug-likeness (QED) is 0.398. The average Bonchev–Trinajstić information content (AvgIpc) is 2.46. The van der Waals surface area contributed by atoms with Gasteiger partial charge in [-0.3, -0.25) is 4.98 Å². The third-order valence-electron chi connectivity index (χ3n) is 3.56. The molecule has 2 heterocycles. The van der Waals surface area contributed by atoms with Crippen LogP contribution in [0.1, 0.15) is 39.1 Å². The van der Waals surface area contributed by atoms with Gasteiger partial charge in [0, 0.05) is 25.3 Å². The summed E-state index contributed by atoms with van der Waals surface area (Å²) >= 11 is 0. The number of carbonyl (C=O) groups excluding carboxylic acids is 1. The molecule has 2 rings (SSSR count). The van der Waals surface area contributed by atoms with Crippen LogP contribution in [0.25, 0.3) is 0 Å². The summed E-state index contributed by atoms with van der Waals surface area (Å²) in [5.74, 6) is 0.736. The zero-order valence-electron chi connectivity index (χ0n) is 16.2. The number of halogens is 1. The first-order chi connectivity index (χ1) is 11.8. The van der Waals surface area contributed by atoms with E-state index in [-0.39, 0.29) is 36.1 Å². The van der Waals surface area contributed by atoms with Crippen LogP contribution >= 0.6 is 24.0 Å². The van der Waals surface area contributed by atoms with E-state index < -0.39 is 5.60 Å². The molecule has 7 nitrogen and oxygen atoms in total. The maximum Gasteiger partial charge on any atom is 0.410 e. The highest BCUT2D eigenvalue weighted by Gasteiger charge is 2.34. The largest absolute Gasteiger partial charge is 0.444 e. The molecule has 1 aromatic heterocycles. The Morgan fingerprint density at radius 3 is 2.65 bits per heavy atom. The fourth-order valence-electron chi connectivity index (χ4n) is 2.41. The van der Waals surface area contributed by atoms with Gasteiger partial charge in [0.2, 0.25) is 0 Å². The van der Waals surface area contributed by atoms with Crippen LogP contribution in [-0.2, 0) is 11.3 Å². The molecule has 26 heavy (non-hydrogen) atoms. The molecule has 1 amide bonds. The number of guanidine groups is 1. The van der Waals surface area contributed by atoms with Gasteiger partial charge in [0.25, 0.3) is 0 Å². The molecule has 0 unspecified atom stereocenters. The summed E-state index contributed by atoms with van der Waals surface area (Å²) in [7, 11) is 0. The van der Waals surface area contributed by atoms with Gasteiger partial charge >= 0.3 is 6.09 Å². The van der Waals surface area contributed by atoms with Crippen molar-refractivity contribution in [2.24, 2.45) is 4.99 Å². The SMILES string of the molecule is CCNC(=NCc1cccc(C)n1)NC1CN(C(=O)OC(C)(C)C)C1.I. The van der Waals surface area contributed by atoms with Crippen molar-refractivity contribution in [3.8, 4) is 0 Å². The summed E-state index contributed by atoms with van der Waals surface area (Å²) in [6.07, 6.45) is -0.267. The number of amides is 1. The van der Waals surface area contributed by atoms with Crippen molar-refractivity contribution in [3.05, 3.63) is 29.6 Å². The molecule has 0 atom stereocenters. The molecule has 0 radical (unpaired) electrons. The lowest BCUT2D eigenvalue weighted by molar-refractivity contribution is 0.00701. The molecule has 0 aromatic carbocycles. The van der Waals surface area contributed by atoms with Crippen molar-refractivity contribution >= 4 is 36.0 Å². The third kappa shape index (κ3) is 7.35. The number of hydrogen-bond donors (Lipinski definition) is 2. The van der Waals surface area contributed by atoms with Crippen LogP contribution in [0.2, 0.25) is 0 Å². The molecule has 8 heteroatoms. The Morgan fingerprint density at radius 1 is 1.38 bits per heavy atom. The van der Waals surface area contributed by atoms with Crippen LogP contribution in [-0.4, -0.2) is 53.2 Å². The van der Waals surface area contributed by atoms with Crippen molar-refractivity contribution < 1.29 is 9.53 Å². The van der Waals surface area contributed by atoms with E-state index >= 15 is 0 Å². The molecular formula is C18H30IN5O2. The molecule has 0 spiro atoms. The number of aryl methyl sites for hydroxylation is 1. The molecule has 146 valence electrons. The molecule has 1 aromatic rings. The molecule has 1 fully saturated rings. The van der Waals surface area contributed by atoms with Gasteiger partial charge in [-0.25, -0.2) is 9.79 Å². The van der Waals surface area contributed by atoms with Gasteiger partial charge in [-0.1, -0.05) is 6.07 Å². The van der Waals surface area contributed by atoms with Crippen LogP contribution in [0.5, 0.6) is 0 Å². The van der Waals surface area contributed by atoms with Gasteiger partial charge in [-0.15, -0.1) is 24.0 Å². The second kappa shape index (κ2) is 9.94. The van der Waals surface area contributed by atoms with Crippen molar-refractivity contribution in [1.82, 2.24) is 20.5 Å². The van der Waals surface area contributed by atoms with Gasteiger partial charge < -0.3 is 20.3 Å². The number of aliphatic imine (C=N–C) groups is 1. The Labute approximate surface area is 173 Å². The van der Waals surface area contributed by atoms with Gasteiger partial charge in [-0.2, -0.15) is 0 Å². The Balaban J connectivity index is 0.00000338. The first kappa shape index (κ1) is 22.5. The predicted molar refractivity (Wildman–Crippen MR) is 114 cm³/mol. The fourth-order valence-corrected chi connectivity index (χ4v) is 2.41. The Morgan fingerprint density at radius 2 is 2.08 bits per heavy atom. The van der Waals surface area contributed by atoms with E-state index in [1.807, 2.05) is 52.8 Å². The number of nitrogens with one attached hydrogen (secondary N) is 2. The zero-order chi connectivity index (χ0) is 18.4. The second-order valence-electron chi connectivity index (χ2n) is 7.19. The summed E-state index contributed by atoms with van der Waals surface area (Å²) in [4.78, 5) is 22.7. The summed E-state index contributed by atoms with van der Waals surface area (Å²) in [6.45, 7) is 12.1. The van der Waals surface area contributed by atoms with E-state index in [0.717, 1.165) is 23.9 Å². The lowest BCUT2D eigenvalue weighted by atomic mass is 10.1. The standard InChI is InChI=1S/C18H29N5O2.HI/c1-6-19-16(20-10-14-9-7-8-13(2)21-14)22-15-11-23(12-15)17(24)25-18(3,4)5;/h7-9,15H,6,10-12H2,1-5H3,(H2,19,20,22);1H. The fraction of sp³-hybridized carbons (Fsp3) is 0.611. The second-order valence-corrected chi connectivity index (χ2v) is 7.19. The highest BCUT2D eigenvalue weighted by molar-refractivity contribution is 14.0. The molecule has 1 saturated heterocycles. The number of likely N-dealkylation sites (tertiary alicyclic amines) is 1. The predicted octanol–water partition coefficient (Wildman–Crippen LogP) is 2.68. The van der Waals surface area contributed by atoms with Crippen LogP contribution in [0.15, 0.2) is 23.2 Å². The van der Waals surface area contributed by atoms with Gasteiger partial charge in [0.05, 0.1) is 18.3 Å². The Bertz CT molecular complexity index is 624. The van der Waals surface area contributed by atoms with Crippen molar-refractivity contribution in [2.45, 2.75) is 52.8 Å². The van der Waals surface area contributed by atoms with Crippen LogP contribution in [0.4, 0.5) is 4.79 Å². The highest BCUT2D eigenvalue weighted by Crippen LogP contribution is 2.15. The topological polar surface area (TPSA) is 78.9 Å². The first-order valence-electron chi connectivity index (χ1n) is 8.72. The Hall–Kier alpha value is -1.58. The molecule has 0 aliphatic carbocycles. The number of pyridine rings is 1. The minimum absolute atomic E-state index is 0. The maximum atomic E-state index is 12.0. The Kier molecular flexibility index (Phi) is 8.58. The van der Waals surface area contributed by atoms with Crippen LogP contribution < -0.4 is 10.6 Å². The van der Waals surface area contributed by atoms with Gasteiger partial charge in [0.15, 0.2) is 5.96 Å². The van der Waals surface area contributed by atoms with Crippen molar-refractivity contribution in [1.29, 1.82) is 0 Å². The van der Waals surface area contributed by atoms with E-state index in [1.54, 1.807) is 4.90 Å². The highest BCUT2D eigenvalue weighted by atomic mass is 127. The maximum absolute atomic E-state index is 12.0. The van der Waals surface area contributed by atoms with E-state index in [2.05, 4.69) is 20.6 Å². The first-order valence-corrected chi connectivity index (χ1v) is 8.72. The van der Waals surface area contributed by atoms with E-state index in [1.165, 1.54) is 0 Å². The number of nitrogens with zero attached hydrogens (tertiary/aromatic N) is 3. The lowest BCUT2D eigenvalue weighted by Gasteiger charge is -2.40. The molecule has 2 N–H and O–H groups in total. The lowest BCUT2D eigenvalue weighted by Crippen LogP contribution is -2.63. The molecule has 0 bridgehead atoms. The van der Waals surface area contributed by atoms with E-state index in [4.69, 9.17) is 4.74 Å². The number of hydrogen-bond acceptors (Lipinski definition) is 4. The van der Waals surface area contributed by atoms with Gasteiger partial charge in [0.1, 0.15) is 5.60 Å². The summed E-state index contributed by atoms with van der Waals surface area (Å²) in [5.41, 5.74) is 1.45. The normalized spacial score (nSPS) is 15.0. The number of rotatable bonds is 4. The number of ether oxygens (including phenoxy) is 1. The average molecular weight is 475 g/mol. The minimum Gasteiger partial charge on any atom is -0.444 e. The minimum atomic E-state index is -0.465. The summed E-state index contributed by atoms with van der Waals surface area (Å²) < 4.78 is 5.36. The number of aromatic nitrogens is 1. The van der Waals surface area contributed by atoms with Gasteiger partial charge in [-0.05, 0) is 46.8 Å². The summed E-state index contributed by atoms with van der Waals surface area (Å²) in [6, 6.07) is 6.10. The van der Waals surface area contributed by atoms with Crippen LogP contribution in [0.3, 0.4) is 0 Å². The molecular weight excluding hydrogens is 445 g/mol. The smallest absolute Gasteiger partial charge is 0.410 e. The molecule has 0 saturated carbocycles. The summed E-state index contributed by atoms with van der Waals surface area (Å²) in [5, 5.41) is 6.57.